The molecule has 0 unspecified atom stereocenters. The van der Waals surface area contributed by atoms with E-state index in [4.69, 9.17) is 12.2 Å². The summed E-state index contributed by atoms with van der Waals surface area (Å²) in [6.45, 7) is 7.11. The number of amides is 1. The van der Waals surface area contributed by atoms with E-state index in [0.717, 1.165) is 0 Å². The highest BCUT2D eigenvalue weighted by Crippen LogP contribution is 2.01. The minimum absolute atomic E-state index is 0.181. The molecule has 0 atom stereocenters. The Morgan fingerprint density at radius 3 is 2.77 bits per heavy atom. The Morgan fingerprint density at radius 2 is 2.23 bits per heavy atom. The third-order valence-corrected chi connectivity index (χ3v) is 2.09. The summed E-state index contributed by atoms with van der Waals surface area (Å²) in [6, 6.07) is 0. The Morgan fingerprint density at radius 1 is 1.54 bits per heavy atom. The number of hydrogen-bond acceptors (Lipinski definition) is 4. The lowest BCUT2D eigenvalue weighted by atomic mass is 10.7. The Balaban J connectivity index is 3.58. The van der Waals surface area contributed by atoms with E-state index in [9.17, 15) is 4.79 Å². The van der Waals surface area contributed by atoms with Gasteiger partial charge in [-0.15, -0.1) is 6.58 Å². The molecule has 3 nitrogen and oxygen atoms in total. The molecule has 0 saturated heterocycles. The second kappa shape index (κ2) is 7.82. The van der Waals surface area contributed by atoms with Crippen molar-refractivity contribution in [3.05, 3.63) is 25.3 Å². The van der Waals surface area contributed by atoms with Gasteiger partial charge in [0, 0.05) is 5.75 Å². The van der Waals surface area contributed by atoms with E-state index >= 15 is 0 Å². The number of alkyl carbamates (subject to hydrolysis) is 1. The van der Waals surface area contributed by atoms with Crippen LogP contribution in [0.15, 0.2) is 25.3 Å². The number of hydrogen-bond donors (Lipinski definition) is 1. The fraction of sp³-hybridized carbons (Fsp3) is 0.250. The van der Waals surface area contributed by atoms with Crippen molar-refractivity contribution in [3.63, 3.8) is 0 Å². The van der Waals surface area contributed by atoms with Crippen molar-refractivity contribution in [2.75, 3.05) is 12.4 Å². The van der Waals surface area contributed by atoms with E-state index in [1.807, 2.05) is 0 Å². The van der Waals surface area contributed by atoms with Gasteiger partial charge in [0.25, 0.3) is 0 Å². The number of carbonyl (C=O) groups excluding carboxylic acids is 1. The summed E-state index contributed by atoms with van der Waals surface area (Å²) < 4.78 is 5.03. The first-order valence-electron chi connectivity index (χ1n) is 3.53. The van der Waals surface area contributed by atoms with Gasteiger partial charge in [0.15, 0.2) is 0 Å². The van der Waals surface area contributed by atoms with Gasteiger partial charge in [-0.2, -0.15) is 0 Å². The van der Waals surface area contributed by atoms with Crippen molar-refractivity contribution in [1.29, 1.82) is 0 Å². The summed E-state index contributed by atoms with van der Waals surface area (Å²) in [7, 11) is 0. The summed E-state index contributed by atoms with van der Waals surface area (Å²) >= 11 is 6.14. The molecule has 0 spiro atoms. The fourth-order valence-corrected chi connectivity index (χ4v) is 1.14. The molecule has 0 aliphatic heterocycles. The van der Waals surface area contributed by atoms with Gasteiger partial charge < -0.3 is 4.74 Å². The van der Waals surface area contributed by atoms with Crippen molar-refractivity contribution in [2.45, 2.75) is 0 Å². The average molecular weight is 217 g/mol. The Bertz CT molecular complexity index is 194. The van der Waals surface area contributed by atoms with Crippen LogP contribution < -0.4 is 5.32 Å². The van der Waals surface area contributed by atoms with E-state index in [1.54, 1.807) is 6.08 Å². The lowest BCUT2D eigenvalue weighted by Crippen LogP contribution is -2.27. The van der Waals surface area contributed by atoms with E-state index in [0.29, 0.717) is 10.1 Å². The van der Waals surface area contributed by atoms with Crippen molar-refractivity contribution in [2.24, 2.45) is 0 Å². The van der Waals surface area contributed by atoms with Crippen LogP contribution in [0.1, 0.15) is 0 Å². The molecule has 0 aromatic rings. The normalized spacial score (nSPS) is 8.62. The van der Waals surface area contributed by atoms with Crippen LogP contribution in [0, 0.1) is 0 Å². The molecule has 1 amide bonds. The van der Waals surface area contributed by atoms with Crippen molar-refractivity contribution >= 4 is 34.4 Å². The highest BCUT2D eigenvalue weighted by Gasteiger charge is 2.03. The fourth-order valence-electron chi connectivity index (χ4n) is 0.425. The summed E-state index contributed by atoms with van der Waals surface area (Å²) in [5, 5.41) is 2.39. The van der Waals surface area contributed by atoms with Gasteiger partial charge in [0.05, 0.1) is 0 Å². The Kier molecular flexibility index (Phi) is 7.33. The monoisotopic (exact) mass is 217 g/mol. The molecular formula is C8H11NO2S2. The van der Waals surface area contributed by atoms with Crippen LogP contribution in [0.2, 0.25) is 0 Å². The second-order valence-electron chi connectivity index (χ2n) is 1.90. The van der Waals surface area contributed by atoms with E-state index < -0.39 is 6.09 Å². The van der Waals surface area contributed by atoms with Crippen LogP contribution in [0.25, 0.3) is 0 Å². The molecule has 0 fully saturated rings. The lowest BCUT2D eigenvalue weighted by molar-refractivity contribution is 0.164. The SMILES string of the molecule is C=CCOC(=O)NC(=S)SCC=C. The molecule has 0 radical (unpaired) electrons. The largest absolute Gasteiger partial charge is 0.445 e. The van der Waals surface area contributed by atoms with Gasteiger partial charge in [-0.1, -0.05) is 42.7 Å². The third-order valence-electron chi connectivity index (χ3n) is 0.869. The molecule has 0 bridgehead atoms. The maximum absolute atomic E-state index is 10.9. The molecule has 0 aliphatic carbocycles. The standard InChI is InChI=1S/C8H11NO2S2/c1-3-5-11-7(10)9-8(12)13-6-4-2/h3-4H,1-2,5-6H2,(H,9,10,12). The summed E-state index contributed by atoms with van der Waals surface area (Å²) in [5.74, 6) is 0.667. The van der Waals surface area contributed by atoms with Gasteiger partial charge in [0.1, 0.15) is 10.9 Å². The molecule has 0 rings (SSSR count). The van der Waals surface area contributed by atoms with Crippen LogP contribution >= 0.6 is 24.0 Å². The van der Waals surface area contributed by atoms with Crippen molar-refractivity contribution in [3.8, 4) is 0 Å². The predicted octanol–water partition coefficient (Wildman–Crippen LogP) is 2.10. The third kappa shape index (κ3) is 7.55. The number of nitrogens with one attached hydrogen (secondary N) is 1. The quantitative estimate of drug-likeness (QED) is 0.578. The van der Waals surface area contributed by atoms with E-state index in [2.05, 4.69) is 23.2 Å². The number of ether oxygens (including phenoxy) is 1. The first-order valence-corrected chi connectivity index (χ1v) is 4.92. The minimum Gasteiger partial charge on any atom is -0.445 e. The molecule has 1 N–H and O–H groups in total. The lowest BCUT2D eigenvalue weighted by Gasteiger charge is -2.04. The van der Waals surface area contributed by atoms with Crippen LogP contribution in [0.5, 0.6) is 0 Å². The summed E-state index contributed by atoms with van der Waals surface area (Å²) in [5.41, 5.74) is 0. The van der Waals surface area contributed by atoms with Crippen LogP contribution in [0.4, 0.5) is 4.79 Å². The number of thioether (sulfide) groups is 1. The highest BCUT2D eigenvalue weighted by molar-refractivity contribution is 8.23. The molecule has 0 aromatic heterocycles. The zero-order chi connectivity index (χ0) is 10.1. The summed E-state index contributed by atoms with van der Waals surface area (Å²) in [4.78, 5) is 10.9. The van der Waals surface area contributed by atoms with Gasteiger partial charge in [0.2, 0.25) is 0 Å². The van der Waals surface area contributed by atoms with Crippen LogP contribution in [-0.2, 0) is 4.74 Å². The molecule has 5 heteroatoms. The predicted molar refractivity (Wildman–Crippen MR) is 59.9 cm³/mol. The van der Waals surface area contributed by atoms with Crippen LogP contribution in [0.3, 0.4) is 0 Å². The highest BCUT2D eigenvalue weighted by atomic mass is 32.2. The van der Waals surface area contributed by atoms with Crippen LogP contribution in [-0.4, -0.2) is 22.8 Å². The van der Waals surface area contributed by atoms with Gasteiger partial charge >= 0.3 is 6.09 Å². The zero-order valence-electron chi connectivity index (χ0n) is 7.12. The average Bonchev–Trinajstić information content (AvgIpc) is 2.11. The molecule has 72 valence electrons. The molecule has 0 saturated carbocycles. The van der Waals surface area contributed by atoms with Gasteiger partial charge in [-0.3, -0.25) is 5.32 Å². The summed E-state index contributed by atoms with van der Waals surface area (Å²) in [6.07, 6.45) is 2.63. The zero-order valence-corrected chi connectivity index (χ0v) is 8.75. The molecule has 13 heavy (non-hydrogen) atoms. The molecule has 0 aliphatic rings. The topological polar surface area (TPSA) is 38.3 Å². The van der Waals surface area contributed by atoms with Gasteiger partial charge in [-0.05, 0) is 0 Å². The maximum atomic E-state index is 10.9. The smallest absolute Gasteiger partial charge is 0.412 e. The van der Waals surface area contributed by atoms with Gasteiger partial charge in [-0.25, -0.2) is 4.79 Å². The van der Waals surface area contributed by atoms with Crippen molar-refractivity contribution in [1.82, 2.24) is 5.32 Å². The number of rotatable bonds is 4. The maximum Gasteiger partial charge on any atom is 0.412 e. The number of thiocarbonyl (C=S) groups is 1. The van der Waals surface area contributed by atoms with Crippen molar-refractivity contribution < 1.29 is 9.53 Å². The Hall–Kier alpha value is -0.810. The Labute approximate surface area is 87.2 Å². The van der Waals surface area contributed by atoms with E-state index in [1.165, 1.54) is 17.8 Å². The van der Waals surface area contributed by atoms with E-state index in [-0.39, 0.29) is 6.61 Å². The molecular weight excluding hydrogens is 206 g/mol. The number of carbonyl (C=O) groups is 1. The second-order valence-corrected chi connectivity index (χ2v) is 3.60. The first kappa shape index (κ1) is 12.2. The molecule has 0 heterocycles. The first-order chi connectivity index (χ1) is 6.20. The molecule has 0 aromatic carbocycles. The minimum atomic E-state index is -0.554.